The lowest BCUT2D eigenvalue weighted by Gasteiger charge is -2.18. The Morgan fingerprint density at radius 3 is 2.55 bits per heavy atom. The Labute approximate surface area is 122 Å². The van der Waals surface area contributed by atoms with Gasteiger partial charge >= 0.3 is 6.03 Å². The number of amides is 2. The molecule has 0 atom stereocenters. The van der Waals surface area contributed by atoms with Crippen LogP contribution in [0.5, 0.6) is 0 Å². The van der Waals surface area contributed by atoms with Crippen LogP contribution in [0, 0.1) is 0 Å². The Morgan fingerprint density at radius 1 is 1.30 bits per heavy atom. The molecule has 1 aromatic rings. The third-order valence-electron chi connectivity index (χ3n) is 3.27. The van der Waals surface area contributed by atoms with Gasteiger partial charge in [-0.3, -0.25) is 0 Å². The highest BCUT2D eigenvalue weighted by molar-refractivity contribution is 5.91. The summed E-state index contributed by atoms with van der Waals surface area (Å²) >= 11 is 0. The average molecular weight is 277 g/mol. The third kappa shape index (κ3) is 4.85. The molecule has 0 heterocycles. The molecule has 0 saturated carbocycles. The van der Waals surface area contributed by atoms with E-state index in [4.69, 9.17) is 0 Å². The second-order valence-electron chi connectivity index (χ2n) is 5.57. The van der Waals surface area contributed by atoms with Gasteiger partial charge in [0.1, 0.15) is 0 Å². The fourth-order valence-electron chi connectivity index (χ4n) is 2.10. The van der Waals surface area contributed by atoms with E-state index in [2.05, 4.69) is 49.6 Å². The first-order valence-corrected chi connectivity index (χ1v) is 7.27. The lowest BCUT2D eigenvalue weighted by molar-refractivity contribution is 0.250. The Kier molecular flexibility index (Phi) is 6.52. The summed E-state index contributed by atoms with van der Waals surface area (Å²) in [6.07, 6.45) is 0.911. The van der Waals surface area contributed by atoms with Gasteiger partial charge in [-0.25, -0.2) is 4.79 Å². The van der Waals surface area contributed by atoms with Gasteiger partial charge < -0.3 is 15.5 Å². The van der Waals surface area contributed by atoms with Crippen molar-refractivity contribution in [2.24, 2.45) is 0 Å². The number of carbonyl (C=O) groups excluding carboxylic acids is 1. The smallest absolute Gasteiger partial charge is 0.319 e. The number of nitrogens with zero attached hydrogens (tertiary/aromatic N) is 1. The molecule has 112 valence electrons. The second-order valence-corrected chi connectivity index (χ2v) is 5.57. The predicted molar refractivity (Wildman–Crippen MR) is 85.5 cm³/mol. The normalized spacial score (nSPS) is 10.9. The summed E-state index contributed by atoms with van der Waals surface area (Å²) in [6.45, 7) is 7.87. The van der Waals surface area contributed by atoms with Crippen LogP contribution < -0.4 is 10.6 Å². The van der Waals surface area contributed by atoms with E-state index in [-0.39, 0.29) is 6.03 Å². The fourth-order valence-corrected chi connectivity index (χ4v) is 2.10. The van der Waals surface area contributed by atoms with Gasteiger partial charge in [0.2, 0.25) is 0 Å². The third-order valence-corrected chi connectivity index (χ3v) is 3.27. The molecule has 0 aliphatic heterocycles. The second kappa shape index (κ2) is 7.90. The van der Waals surface area contributed by atoms with E-state index in [1.54, 1.807) is 0 Å². The number of benzene rings is 1. The van der Waals surface area contributed by atoms with Gasteiger partial charge in [0.05, 0.1) is 0 Å². The predicted octanol–water partition coefficient (Wildman–Crippen LogP) is 3.06. The molecule has 2 N–H and O–H groups in total. The van der Waals surface area contributed by atoms with Crippen LogP contribution in [0.4, 0.5) is 10.5 Å². The van der Waals surface area contributed by atoms with Crippen LogP contribution in [0.15, 0.2) is 18.2 Å². The molecule has 1 rings (SSSR count). The number of likely N-dealkylation sites (N-methyl/N-ethyl adjacent to an activating group) is 1. The van der Waals surface area contributed by atoms with Gasteiger partial charge in [0.25, 0.3) is 0 Å². The van der Waals surface area contributed by atoms with E-state index in [1.165, 1.54) is 11.1 Å². The molecule has 0 fully saturated rings. The number of anilines is 1. The summed E-state index contributed by atoms with van der Waals surface area (Å²) < 4.78 is 0. The first-order valence-electron chi connectivity index (χ1n) is 7.27. The molecule has 0 aliphatic rings. The largest absolute Gasteiger partial charge is 0.337 e. The van der Waals surface area contributed by atoms with Crippen LogP contribution >= 0.6 is 0 Å². The van der Waals surface area contributed by atoms with Gasteiger partial charge in [0, 0.05) is 18.8 Å². The highest BCUT2D eigenvalue weighted by atomic mass is 16.2. The fraction of sp³-hybridized carbons (Fsp3) is 0.562. The molecule has 0 aliphatic carbocycles. The molecular formula is C16H27N3O. The van der Waals surface area contributed by atoms with Crippen molar-refractivity contribution in [1.82, 2.24) is 10.2 Å². The van der Waals surface area contributed by atoms with Crippen LogP contribution in [0.25, 0.3) is 0 Å². The number of hydrogen-bond acceptors (Lipinski definition) is 2. The highest BCUT2D eigenvalue weighted by Gasteiger charge is 2.12. The number of carbonyl (C=O) groups is 1. The standard InChI is InChI=1S/C16H27N3O/c1-6-13-8-7-9-14(12(2)3)15(13)18-16(20)17-10-11-19(4)5/h7-9,12H,6,10-11H2,1-5H3,(H2,17,18,20). The Hall–Kier alpha value is -1.55. The van der Waals surface area contributed by atoms with E-state index in [1.807, 2.05) is 19.0 Å². The summed E-state index contributed by atoms with van der Waals surface area (Å²) in [5.41, 5.74) is 3.33. The maximum atomic E-state index is 12.0. The van der Waals surface area contributed by atoms with Crippen molar-refractivity contribution in [2.45, 2.75) is 33.1 Å². The molecule has 2 amide bonds. The zero-order chi connectivity index (χ0) is 15.1. The molecule has 0 unspecified atom stereocenters. The SMILES string of the molecule is CCc1cccc(C(C)C)c1NC(=O)NCCN(C)C. The molecule has 0 saturated heterocycles. The summed E-state index contributed by atoms with van der Waals surface area (Å²) in [4.78, 5) is 14.0. The molecule has 0 bridgehead atoms. The quantitative estimate of drug-likeness (QED) is 0.839. The molecule has 20 heavy (non-hydrogen) atoms. The highest BCUT2D eigenvalue weighted by Crippen LogP contribution is 2.28. The van der Waals surface area contributed by atoms with Crippen molar-refractivity contribution in [3.63, 3.8) is 0 Å². The van der Waals surface area contributed by atoms with Crippen LogP contribution in [0.3, 0.4) is 0 Å². The molecule has 0 aromatic heterocycles. The van der Waals surface area contributed by atoms with Crippen molar-refractivity contribution in [2.75, 3.05) is 32.5 Å². The molecule has 0 radical (unpaired) electrons. The number of rotatable bonds is 6. The topological polar surface area (TPSA) is 44.4 Å². The first-order chi connectivity index (χ1) is 9.45. The van der Waals surface area contributed by atoms with Gasteiger partial charge in [-0.15, -0.1) is 0 Å². The lowest BCUT2D eigenvalue weighted by Crippen LogP contribution is -2.34. The van der Waals surface area contributed by atoms with Crippen LogP contribution in [0.1, 0.15) is 37.8 Å². The van der Waals surface area contributed by atoms with E-state index >= 15 is 0 Å². The van der Waals surface area contributed by atoms with Crippen molar-refractivity contribution in [3.8, 4) is 0 Å². The summed E-state index contributed by atoms with van der Waals surface area (Å²) in [7, 11) is 3.98. The maximum Gasteiger partial charge on any atom is 0.319 e. The number of para-hydroxylation sites is 1. The minimum atomic E-state index is -0.130. The van der Waals surface area contributed by atoms with Gasteiger partial charge in [-0.05, 0) is 37.6 Å². The van der Waals surface area contributed by atoms with Crippen molar-refractivity contribution in [1.29, 1.82) is 0 Å². The van der Waals surface area contributed by atoms with Gasteiger partial charge in [0.15, 0.2) is 0 Å². The molecule has 0 spiro atoms. The van der Waals surface area contributed by atoms with Crippen LogP contribution in [-0.2, 0) is 6.42 Å². The molecule has 4 heteroatoms. The minimum absolute atomic E-state index is 0.130. The van der Waals surface area contributed by atoms with Crippen LogP contribution in [-0.4, -0.2) is 38.1 Å². The number of nitrogens with one attached hydrogen (secondary N) is 2. The first kappa shape index (κ1) is 16.5. The van der Waals surface area contributed by atoms with Gasteiger partial charge in [-0.1, -0.05) is 39.0 Å². The molecular weight excluding hydrogens is 250 g/mol. The number of aryl methyl sites for hydroxylation is 1. The summed E-state index contributed by atoms with van der Waals surface area (Å²) in [5, 5.41) is 5.90. The number of hydrogen-bond donors (Lipinski definition) is 2. The lowest BCUT2D eigenvalue weighted by atomic mass is 9.97. The zero-order valence-corrected chi connectivity index (χ0v) is 13.3. The Bertz CT molecular complexity index is 441. The Morgan fingerprint density at radius 2 is 2.00 bits per heavy atom. The Balaban J connectivity index is 2.77. The maximum absolute atomic E-state index is 12.0. The van der Waals surface area contributed by atoms with Crippen molar-refractivity contribution >= 4 is 11.7 Å². The monoisotopic (exact) mass is 277 g/mol. The molecule has 4 nitrogen and oxygen atoms in total. The van der Waals surface area contributed by atoms with Crippen molar-refractivity contribution in [3.05, 3.63) is 29.3 Å². The summed E-state index contributed by atoms with van der Waals surface area (Å²) in [5.74, 6) is 0.388. The average Bonchev–Trinajstić information content (AvgIpc) is 2.38. The zero-order valence-electron chi connectivity index (χ0n) is 13.3. The van der Waals surface area contributed by atoms with E-state index in [0.29, 0.717) is 12.5 Å². The summed E-state index contributed by atoms with van der Waals surface area (Å²) in [6, 6.07) is 6.08. The van der Waals surface area contributed by atoms with E-state index < -0.39 is 0 Å². The molecule has 1 aromatic carbocycles. The minimum Gasteiger partial charge on any atom is -0.337 e. The van der Waals surface area contributed by atoms with E-state index in [9.17, 15) is 4.79 Å². The van der Waals surface area contributed by atoms with Gasteiger partial charge in [-0.2, -0.15) is 0 Å². The van der Waals surface area contributed by atoms with Crippen molar-refractivity contribution < 1.29 is 4.79 Å². The van der Waals surface area contributed by atoms with Crippen LogP contribution in [0.2, 0.25) is 0 Å². The number of urea groups is 1. The van der Waals surface area contributed by atoms with E-state index in [0.717, 1.165) is 18.7 Å².